The molecule has 1 aromatic carbocycles. The topological polar surface area (TPSA) is 96.7 Å². The Balaban J connectivity index is 1.76. The number of pyridine rings is 1. The Hall–Kier alpha value is -2.89. The van der Waals surface area contributed by atoms with E-state index in [0.717, 1.165) is 16.6 Å². The summed E-state index contributed by atoms with van der Waals surface area (Å²) in [5, 5.41) is 10.6. The maximum Gasteiger partial charge on any atom is 0.230 e. The smallest absolute Gasteiger partial charge is 0.230 e. The Bertz CT molecular complexity index is 748. The number of nitrogen functional groups attached to an aromatic ring is 1. The van der Waals surface area contributed by atoms with E-state index in [2.05, 4.69) is 20.5 Å². The number of rotatable bonds is 3. The fraction of sp³-hybridized carbons (Fsp3) is 0.0714. The lowest BCUT2D eigenvalue weighted by atomic mass is 10.2. The second-order valence-corrected chi connectivity index (χ2v) is 4.44. The fourth-order valence-electron chi connectivity index (χ4n) is 1.98. The number of hydrogen-bond acceptors (Lipinski definition) is 4. The first-order valence-electron chi connectivity index (χ1n) is 6.15. The first-order valence-corrected chi connectivity index (χ1v) is 6.15. The number of benzene rings is 1. The maximum atomic E-state index is 12.0. The third kappa shape index (κ3) is 2.44. The number of anilines is 2. The predicted octanol–water partition coefficient (Wildman–Crippen LogP) is 1.72. The number of aromatic amines is 1. The number of fused-ring (bicyclic) bond motifs is 1. The average Bonchev–Trinajstić information content (AvgIpc) is 2.91. The summed E-state index contributed by atoms with van der Waals surface area (Å²) >= 11 is 0. The number of hydrogen-bond donors (Lipinski definition) is 3. The van der Waals surface area contributed by atoms with Gasteiger partial charge in [-0.1, -0.05) is 6.07 Å². The highest BCUT2D eigenvalue weighted by Crippen LogP contribution is 2.21. The summed E-state index contributed by atoms with van der Waals surface area (Å²) in [5.74, 6) is -0.129. The van der Waals surface area contributed by atoms with Crippen LogP contribution in [0, 0.1) is 0 Å². The SMILES string of the molecule is Nc1ccc(CC(=O)Nc2cccc3[nH]ncc23)nc1. The van der Waals surface area contributed by atoms with Crippen LogP contribution in [0.3, 0.4) is 0 Å². The van der Waals surface area contributed by atoms with Crippen molar-refractivity contribution in [2.75, 3.05) is 11.1 Å². The molecule has 3 aromatic rings. The van der Waals surface area contributed by atoms with Gasteiger partial charge in [0.2, 0.25) is 5.91 Å². The molecule has 3 rings (SSSR count). The Kier molecular flexibility index (Phi) is 3.04. The highest BCUT2D eigenvalue weighted by atomic mass is 16.1. The highest BCUT2D eigenvalue weighted by molar-refractivity contribution is 6.01. The Morgan fingerprint density at radius 2 is 2.15 bits per heavy atom. The second kappa shape index (κ2) is 5.00. The third-order valence-corrected chi connectivity index (χ3v) is 2.95. The van der Waals surface area contributed by atoms with E-state index in [1.54, 1.807) is 24.5 Å². The lowest BCUT2D eigenvalue weighted by molar-refractivity contribution is -0.115. The van der Waals surface area contributed by atoms with Crippen LogP contribution in [0.1, 0.15) is 5.69 Å². The summed E-state index contributed by atoms with van der Waals surface area (Å²) in [7, 11) is 0. The van der Waals surface area contributed by atoms with Crippen LogP contribution >= 0.6 is 0 Å². The monoisotopic (exact) mass is 267 g/mol. The van der Waals surface area contributed by atoms with Gasteiger partial charge in [-0.25, -0.2) is 0 Å². The van der Waals surface area contributed by atoms with Crippen molar-refractivity contribution in [1.82, 2.24) is 15.2 Å². The molecule has 0 radical (unpaired) electrons. The number of amides is 1. The zero-order valence-electron chi connectivity index (χ0n) is 10.6. The number of nitrogens with one attached hydrogen (secondary N) is 2. The minimum atomic E-state index is -0.129. The van der Waals surface area contributed by atoms with E-state index in [9.17, 15) is 4.79 Å². The van der Waals surface area contributed by atoms with Gasteiger partial charge in [0.25, 0.3) is 0 Å². The normalized spacial score (nSPS) is 10.6. The molecule has 0 spiro atoms. The van der Waals surface area contributed by atoms with Crippen LogP contribution in [0.15, 0.2) is 42.7 Å². The van der Waals surface area contributed by atoms with E-state index in [4.69, 9.17) is 5.73 Å². The molecule has 100 valence electrons. The molecule has 2 heterocycles. The lowest BCUT2D eigenvalue weighted by Crippen LogP contribution is -2.15. The zero-order valence-corrected chi connectivity index (χ0v) is 10.6. The first-order chi connectivity index (χ1) is 9.72. The van der Waals surface area contributed by atoms with Crippen molar-refractivity contribution in [1.29, 1.82) is 0 Å². The minimum Gasteiger partial charge on any atom is -0.397 e. The molecule has 0 unspecified atom stereocenters. The molecule has 0 saturated carbocycles. The zero-order chi connectivity index (χ0) is 13.9. The van der Waals surface area contributed by atoms with E-state index in [1.807, 2.05) is 18.2 Å². The second-order valence-electron chi connectivity index (χ2n) is 4.44. The molecule has 0 aliphatic carbocycles. The van der Waals surface area contributed by atoms with Crippen LogP contribution < -0.4 is 11.1 Å². The van der Waals surface area contributed by atoms with Gasteiger partial charge in [-0.2, -0.15) is 5.10 Å². The van der Waals surface area contributed by atoms with Crippen molar-refractivity contribution in [2.24, 2.45) is 0 Å². The summed E-state index contributed by atoms with van der Waals surface area (Å²) in [5.41, 5.74) is 8.43. The summed E-state index contributed by atoms with van der Waals surface area (Å²) in [6, 6.07) is 9.07. The molecule has 1 amide bonds. The van der Waals surface area contributed by atoms with E-state index in [0.29, 0.717) is 11.4 Å². The largest absolute Gasteiger partial charge is 0.397 e. The first kappa shape index (κ1) is 12.2. The molecule has 4 N–H and O–H groups in total. The van der Waals surface area contributed by atoms with Crippen LogP contribution in [0.4, 0.5) is 11.4 Å². The van der Waals surface area contributed by atoms with Crippen LogP contribution in [0.5, 0.6) is 0 Å². The minimum absolute atomic E-state index is 0.129. The van der Waals surface area contributed by atoms with Gasteiger partial charge in [0, 0.05) is 11.1 Å². The van der Waals surface area contributed by atoms with Gasteiger partial charge < -0.3 is 11.1 Å². The summed E-state index contributed by atoms with van der Waals surface area (Å²) < 4.78 is 0. The van der Waals surface area contributed by atoms with E-state index >= 15 is 0 Å². The molecule has 0 aliphatic heterocycles. The molecule has 6 nitrogen and oxygen atoms in total. The maximum absolute atomic E-state index is 12.0. The van der Waals surface area contributed by atoms with Crippen LogP contribution in [0.25, 0.3) is 10.9 Å². The molecule has 2 aromatic heterocycles. The van der Waals surface area contributed by atoms with E-state index in [1.165, 1.54) is 0 Å². The van der Waals surface area contributed by atoms with Crippen molar-refractivity contribution in [3.05, 3.63) is 48.4 Å². The van der Waals surface area contributed by atoms with Crippen molar-refractivity contribution in [3.63, 3.8) is 0 Å². The van der Waals surface area contributed by atoms with Gasteiger partial charge >= 0.3 is 0 Å². The fourth-order valence-corrected chi connectivity index (χ4v) is 1.98. The van der Waals surface area contributed by atoms with Crippen LogP contribution in [0.2, 0.25) is 0 Å². The van der Waals surface area contributed by atoms with Crippen LogP contribution in [-0.4, -0.2) is 21.1 Å². The quantitative estimate of drug-likeness (QED) is 0.673. The average molecular weight is 267 g/mol. The van der Waals surface area contributed by atoms with Gasteiger partial charge in [-0.15, -0.1) is 0 Å². The summed E-state index contributed by atoms with van der Waals surface area (Å²) in [6.45, 7) is 0. The molecule has 20 heavy (non-hydrogen) atoms. The van der Waals surface area contributed by atoms with Gasteiger partial charge in [0.05, 0.1) is 35.7 Å². The number of aromatic nitrogens is 3. The van der Waals surface area contributed by atoms with Crippen molar-refractivity contribution in [2.45, 2.75) is 6.42 Å². The Morgan fingerprint density at radius 3 is 2.95 bits per heavy atom. The molecular weight excluding hydrogens is 254 g/mol. The third-order valence-electron chi connectivity index (χ3n) is 2.95. The predicted molar refractivity (Wildman–Crippen MR) is 77.1 cm³/mol. The number of carbonyl (C=O) groups excluding carboxylic acids is 1. The summed E-state index contributed by atoms with van der Waals surface area (Å²) in [4.78, 5) is 16.1. The molecule has 0 atom stereocenters. The molecule has 0 saturated heterocycles. The number of nitrogens with zero attached hydrogens (tertiary/aromatic N) is 2. The van der Waals surface area contributed by atoms with Gasteiger partial charge in [0.1, 0.15) is 0 Å². The number of nitrogens with two attached hydrogens (primary N) is 1. The lowest BCUT2D eigenvalue weighted by Gasteiger charge is -2.06. The van der Waals surface area contributed by atoms with Crippen molar-refractivity contribution < 1.29 is 4.79 Å². The number of H-pyrrole nitrogens is 1. The van der Waals surface area contributed by atoms with Crippen molar-refractivity contribution >= 4 is 28.2 Å². The molecular formula is C14H13N5O. The molecule has 0 bridgehead atoms. The molecule has 0 fully saturated rings. The van der Waals surface area contributed by atoms with Crippen LogP contribution in [-0.2, 0) is 11.2 Å². The number of carbonyl (C=O) groups is 1. The molecule has 6 heteroatoms. The Morgan fingerprint density at radius 1 is 1.25 bits per heavy atom. The van der Waals surface area contributed by atoms with Gasteiger partial charge in [-0.3, -0.25) is 14.9 Å². The Labute approximate surface area is 115 Å². The van der Waals surface area contributed by atoms with Gasteiger partial charge in [0.15, 0.2) is 0 Å². The van der Waals surface area contributed by atoms with E-state index < -0.39 is 0 Å². The standard InChI is InChI=1S/C14H13N5O/c15-9-4-5-10(16-7-9)6-14(20)18-12-2-1-3-13-11(12)8-17-19-13/h1-5,7-8H,6,15H2,(H,17,19)(H,18,20). The van der Waals surface area contributed by atoms with E-state index in [-0.39, 0.29) is 12.3 Å². The van der Waals surface area contributed by atoms with Crippen molar-refractivity contribution in [3.8, 4) is 0 Å². The highest BCUT2D eigenvalue weighted by Gasteiger charge is 2.08. The summed E-state index contributed by atoms with van der Waals surface area (Å²) in [6.07, 6.45) is 3.43. The van der Waals surface area contributed by atoms with Gasteiger partial charge in [-0.05, 0) is 24.3 Å². The molecule has 0 aliphatic rings.